The van der Waals surface area contributed by atoms with Gasteiger partial charge in [-0.25, -0.2) is 0 Å². The average molecular weight is 437 g/mol. The Labute approximate surface area is 184 Å². The molecule has 1 heterocycles. The Morgan fingerprint density at radius 3 is 2.59 bits per heavy atom. The van der Waals surface area contributed by atoms with E-state index < -0.39 is 0 Å². The molecule has 1 aliphatic rings. The normalized spacial score (nSPS) is 16.9. The molecular weight excluding hydrogens is 407 g/mol. The zero-order valence-corrected chi connectivity index (χ0v) is 18.7. The molecule has 0 saturated carbocycles. The van der Waals surface area contributed by atoms with Crippen molar-refractivity contribution in [3.8, 4) is 11.5 Å². The summed E-state index contributed by atoms with van der Waals surface area (Å²) in [6, 6.07) is 12.2. The number of ether oxygens (including phenoxy) is 2. The van der Waals surface area contributed by atoms with Crippen LogP contribution >= 0.6 is 23.2 Å². The summed E-state index contributed by atoms with van der Waals surface area (Å²) in [6.07, 6.45) is 2.58. The molecule has 158 valence electrons. The fraction of sp³-hybridized carbons (Fsp3) is 0.478. The van der Waals surface area contributed by atoms with E-state index in [9.17, 15) is 0 Å². The van der Waals surface area contributed by atoms with Crippen molar-refractivity contribution in [2.75, 3.05) is 26.2 Å². The Morgan fingerprint density at radius 1 is 1.07 bits per heavy atom. The Morgan fingerprint density at radius 2 is 1.86 bits per heavy atom. The largest absolute Gasteiger partial charge is 0.490 e. The minimum atomic E-state index is 0.296. The maximum absolute atomic E-state index is 6.25. The van der Waals surface area contributed by atoms with Crippen LogP contribution < -0.4 is 14.8 Å². The molecule has 2 aromatic carbocycles. The van der Waals surface area contributed by atoms with Crippen LogP contribution in [0.4, 0.5) is 0 Å². The molecule has 1 fully saturated rings. The molecule has 1 saturated heterocycles. The summed E-state index contributed by atoms with van der Waals surface area (Å²) in [5.41, 5.74) is 1.96. The maximum atomic E-state index is 6.25. The van der Waals surface area contributed by atoms with Crippen molar-refractivity contribution in [3.05, 3.63) is 57.6 Å². The minimum Gasteiger partial charge on any atom is -0.490 e. The lowest BCUT2D eigenvalue weighted by atomic mass is 10.1. The van der Waals surface area contributed by atoms with Gasteiger partial charge in [-0.1, -0.05) is 42.3 Å². The van der Waals surface area contributed by atoms with Crippen LogP contribution in [0, 0.1) is 0 Å². The average Bonchev–Trinajstić information content (AvgIpc) is 3.16. The Hall–Kier alpha value is -1.46. The topological polar surface area (TPSA) is 33.7 Å². The third-order valence-electron chi connectivity index (χ3n) is 5.36. The van der Waals surface area contributed by atoms with Gasteiger partial charge >= 0.3 is 0 Å². The highest BCUT2D eigenvalue weighted by Gasteiger charge is 2.22. The monoisotopic (exact) mass is 436 g/mol. The van der Waals surface area contributed by atoms with Gasteiger partial charge in [-0.3, -0.25) is 4.90 Å². The molecule has 29 heavy (non-hydrogen) atoms. The molecule has 0 unspecified atom stereocenters. The first-order chi connectivity index (χ1) is 14.1. The Balaban J connectivity index is 1.60. The van der Waals surface area contributed by atoms with Crippen molar-refractivity contribution in [2.45, 2.75) is 45.9 Å². The van der Waals surface area contributed by atoms with Crippen molar-refractivity contribution < 1.29 is 9.47 Å². The fourth-order valence-corrected chi connectivity index (χ4v) is 4.30. The van der Waals surface area contributed by atoms with E-state index in [1.54, 1.807) is 0 Å². The lowest BCUT2D eigenvalue weighted by Crippen LogP contribution is -2.37. The van der Waals surface area contributed by atoms with Gasteiger partial charge < -0.3 is 14.8 Å². The molecule has 1 atom stereocenters. The molecular formula is C23H30Cl2N2O2. The number of halogens is 2. The van der Waals surface area contributed by atoms with Gasteiger partial charge in [0.25, 0.3) is 0 Å². The van der Waals surface area contributed by atoms with Gasteiger partial charge in [-0.05, 0) is 62.7 Å². The van der Waals surface area contributed by atoms with Gasteiger partial charge in [-0.15, -0.1) is 0 Å². The predicted octanol–water partition coefficient (Wildman–Crippen LogP) is 5.55. The molecule has 0 radical (unpaired) electrons. The lowest BCUT2D eigenvalue weighted by Gasteiger charge is -2.23. The van der Waals surface area contributed by atoms with E-state index in [2.05, 4.69) is 23.2 Å². The Bertz CT molecular complexity index is 780. The number of nitrogens with one attached hydrogen (secondary N) is 1. The van der Waals surface area contributed by atoms with Crippen molar-refractivity contribution in [1.82, 2.24) is 10.2 Å². The van der Waals surface area contributed by atoms with Gasteiger partial charge in [0.05, 0.1) is 6.61 Å². The van der Waals surface area contributed by atoms with Crippen LogP contribution in [0.1, 0.15) is 37.8 Å². The number of nitrogens with zero attached hydrogens (tertiary/aromatic N) is 1. The quantitative estimate of drug-likeness (QED) is 0.529. The summed E-state index contributed by atoms with van der Waals surface area (Å²) >= 11 is 12.5. The smallest absolute Gasteiger partial charge is 0.161 e. The first-order valence-corrected chi connectivity index (χ1v) is 11.1. The standard InChI is InChI=1S/C23H30Cl2N2O2/c1-3-27-12-6-7-18(27)15-26-14-17-10-11-22(23(13-17)28-4-2)29-16-19-20(24)8-5-9-21(19)25/h5,8-11,13,18,26H,3-4,6-7,12,14-16H2,1-2H3/t18-/m1/s1. The van der Waals surface area contributed by atoms with E-state index in [1.807, 2.05) is 37.3 Å². The molecule has 3 rings (SSSR count). The van der Waals surface area contributed by atoms with Gasteiger partial charge in [0.15, 0.2) is 11.5 Å². The molecule has 0 spiro atoms. The molecule has 0 bridgehead atoms. The number of likely N-dealkylation sites (N-methyl/N-ethyl adjacent to an activating group) is 1. The summed E-state index contributed by atoms with van der Waals surface area (Å²) in [5, 5.41) is 4.80. The summed E-state index contributed by atoms with van der Waals surface area (Å²) in [7, 11) is 0. The predicted molar refractivity (Wildman–Crippen MR) is 120 cm³/mol. The number of rotatable bonds is 10. The van der Waals surface area contributed by atoms with Crippen LogP contribution in [-0.2, 0) is 13.2 Å². The molecule has 2 aromatic rings. The number of benzene rings is 2. The van der Waals surface area contributed by atoms with E-state index in [1.165, 1.54) is 24.9 Å². The highest BCUT2D eigenvalue weighted by molar-refractivity contribution is 6.35. The lowest BCUT2D eigenvalue weighted by molar-refractivity contribution is 0.259. The van der Waals surface area contributed by atoms with Gasteiger partial charge in [0.1, 0.15) is 6.61 Å². The van der Waals surface area contributed by atoms with Crippen molar-refractivity contribution in [2.24, 2.45) is 0 Å². The third-order valence-corrected chi connectivity index (χ3v) is 6.06. The van der Waals surface area contributed by atoms with Gasteiger partial charge in [-0.2, -0.15) is 0 Å². The summed E-state index contributed by atoms with van der Waals surface area (Å²) in [6.45, 7) is 9.26. The van der Waals surface area contributed by atoms with E-state index in [-0.39, 0.29) is 0 Å². The van der Waals surface area contributed by atoms with Crippen LogP contribution in [0.25, 0.3) is 0 Å². The summed E-state index contributed by atoms with van der Waals surface area (Å²) < 4.78 is 11.8. The highest BCUT2D eigenvalue weighted by atomic mass is 35.5. The SMILES string of the molecule is CCOc1cc(CNC[C@H]2CCCN2CC)ccc1OCc1c(Cl)cccc1Cl. The van der Waals surface area contributed by atoms with Crippen molar-refractivity contribution in [1.29, 1.82) is 0 Å². The highest BCUT2D eigenvalue weighted by Crippen LogP contribution is 2.31. The second-order valence-corrected chi connectivity index (χ2v) is 8.07. The minimum absolute atomic E-state index is 0.296. The first kappa shape index (κ1) is 22.2. The summed E-state index contributed by atoms with van der Waals surface area (Å²) in [4.78, 5) is 2.55. The van der Waals surface area contributed by atoms with Gasteiger partial charge in [0.2, 0.25) is 0 Å². The summed E-state index contributed by atoms with van der Waals surface area (Å²) in [5.74, 6) is 1.44. The van der Waals surface area contributed by atoms with Crippen molar-refractivity contribution in [3.63, 3.8) is 0 Å². The van der Waals surface area contributed by atoms with Crippen LogP contribution in [0.3, 0.4) is 0 Å². The van der Waals surface area contributed by atoms with Crippen LogP contribution in [0.15, 0.2) is 36.4 Å². The zero-order chi connectivity index (χ0) is 20.6. The molecule has 1 N–H and O–H groups in total. The zero-order valence-electron chi connectivity index (χ0n) is 17.2. The van der Waals surface area contributed by atoms with Crippen LogP contribution in [0.5, 0.6) is 11.5 Å². The number of likely N-dealkylation sites (tertiary alicyclic amines) is 1. The van der Waals surface area contributed by atoms with E-state index >= 15 is 0 Å². The Kier molecular flexibility index (Phi) is 8.49. The first-order valence-electron chi connectivity index (χ1n) is 10.4. The third kappa shape index (κ3) is 6.02. The van der Waals surface area contributed by atoms with Gasteiger partial charge in [0, 0.05) is 34.7 Å². The number of hydrogen-bond donors (Lipinski definition) is 1. The molecule has 0 aliphatic carbocycles. The van der Waals surface area contributed by atoms with Crippen LogP contribution in [0.2, 0.25) is 10.0 Å². The van der Waals surface area contributed by atoms with Crippen molar-refractivity contribution >= 4 is 23.2 Å². The molecule has 4 nitrogen and oxygen atoms in total. The molecule has 1 aliphatic heterocycles. The van der Waals surface area contributed by atoms with E-state index in [0.29, 0.717) is 35.1 Å². The van der Waals surface area contributed by atoms with E-state index in [4.69, 9.17) is 32.7 Å². The molecule has 6 heteroatoms. The maximum Gasteiger partial charge on any atom is 0.161 e. The van der Waals surface area contributed by atoms with Crippen LogP contribution in [-0.4, -0.2) is 37.2 Å². The van der Waals surface area contributed by atoms with E-state index in [0.717, 1.165) is 30.9 Å². The molecule has 0 amide bonds. The fourth-order valence-electron chi connectivity index (χ4n) is 3.80. The second-order valence-electron chi connectivity index (χ2n) is 7.26. The molecule has 0 aromatic heterocycles. The number of hydrogen-bond acceptors (Lipinski definition) is 4. The second kappa shape index (κ2) is 11.1.